The van der Waals surface area contributed by atoms with Crippen LogP contribution in [0.4, 0.5) is 36.8 Å². The number of likely N-dealkylation sites (N-methyl/N-ethyl adjacent to an activating group) is 1. The number of ether oxygens (including phenoxy) is 1. The molecule has 1 atom stereocenters. The molecule has 2 aromatic rings. The Bertz CT molecular complexity index is 1420. The van der Waals surface area contributed by atoms with Crippen molar-refractivity contribution in [3.05, 3.63) is 53.1 Å². The largest absolute Gasteiger partial charge is 0.573 e. The third-order valence-corrected chi connectivity index (χ3v) is 8.40. The van der Waals surface area contributed by atoms with Crippen molar-refractivity contribution >= 4 is 27.5 Å². The van der Waals surface area contributed by atoms with Crippen molar-refractivity contribution in [2.24, 2.45) is 0 Å². The molecule has 42 heavy (non-hydrogen) atoms. The first-order valence-corrected chi connectivity index (χ1v) is 14.1. The first-order valence-electron chi connectivity index (χ1n) is 12.5. The van der Waals surface area contributed by atoms with Crippen molar-refractivity contribution < 1.29 is 54.2 Å². The van der Waals surface area contributed by atoms with Crippen LogP contribution in [0.3, 0.4) is 0 Å². The van der Waals surface area contributed by atoms with E-state index in [-0.39, 0.29) is 18.7 Å². The smallest absolute Gasteiger partial charge is 0.465 e. The van der Waals surface area contributed by atoms with E-state index in [1.807, 2.05) is 5.43 Å². The summed E-state index contributed by atoms with van der Waals surface area (Å²) in [6.07, 6.45) is -9.98. The molecular weight excluding hydrogens is 598 g/mol. The number of piperidine rings is 1. The van der Waals surface area contributed by atoms with Crippen LogP contribution in [0.25, 0.3) is 0 Å². The minimum absolute atomic E-state index is 0.154. The number of nitrogens with one attached hydrogen (secondary N) is 2. The summed E-state index contributed by atoms with van der Waals surface area (Å²) in [7, 11) is -2.61. The molecule has 1 fully saturated rings. The number of carbonyl (C=O) groups excluding carboxylic acids is 1. The number of halogens is 6. The zero-order valence-corrected chi connectivity index (χ0v) is 23.2. The van der Waals surface area contributed by atoms with Gasteiger partial charge in [-0.1, -0.05) is 13.0 Å². The van der Waals surface area contributed by atoms with Crippen molar-refractivity contribution in [1.82, 2.24) is 15.2 Å². The van der Waals surface area contributed by atoms with Gasteiger partial charge in [-0.25, -0.2) is 13.2 Å². The molecule has 1 aliphatic heterocycles. The second-order valence-electron chi connectivity index (χ2n) is 9.48. The lowest BCUT2D eigenvalue weighted by molar-refractivity contribution is -0.274. The van der Waals surface area contributed by atoms with E-state index in [1.165, 1.54) is 14.0 Å². The van der Waals surface area contributed by atoms with Gasteiger partial charge in [0, 0.05) is 37.8 Å². The summed E-state index contributed by atoms with van der Waals surface area (Å²) < 4.78 is 109. The van der Waals surface area contributed by atoms with Gasteiger partial charge in [-0.2, -0.15) is 13.2 Å². The lowest BCUT2D eigenvalue weighted by Gasteiger charge is -2.36. The van der Waals surface area contributed by atoms with Crippen LogP contribution in [0, 0.1) is 0 Å². The number of alkyl halides is 6. The molecule has 1 heterocycles. The Morgan fingerprint density at radius 2 is 1.81 bits per heavy atom. The zero-order chi connectivity index (χ0) is 31.5. The molecule has 0 spiro atoms. The van der Waals surface area contributed by atoms with Crippen LogP contribution in [0.2, 0.25) is 0 Å². The Hall–Kier alpha value is -3.73. The topological polar surface area (TPSA) is 128 Å². The fraction of sp³-hybridized carbons (Fsp3) is 0.440. The Labute approximate surface area is 237 Å². The van der Waals surface area contributed by atoms with Gasteiger partial charge in [-0.15, -0.1) is 13.2 Å². The first kappa shape index (κ1) is 32.8. The van der Waals surface area contributed by atoms with Crippen molar-refractivity contribution in [2.45, 2.75) is 49.8 Å². The predicted octanol–water partition coefficient (Wildman–Crippen LogP) is 4.73. The van der Waals surface area contributed by atoms with Crippen molar-refractivity contribution in [1.29, 1.82) is 0 Å². The van der Waals surface area contributed by atoms with Crippen LogP contribution in [-0.4, -0.2) is 73.6 Å². The predicted molar refractivity (Wildman–Crippen MR) is 137 cm³/mol. The molecule has 1 aliphatic rings. The SMILES string of the molecule is CCS(=O)(=O)c1ccc(OC(F)(F)F)cc1NNC(=O)c1ccc(CN2CCC[C@H](N(C)C(=O)O)C2)c(C(F)(F)F)c1. The lowest BCUT2D eigenvalue weighted by atomic mass is 10.00. The molecule has 3 N–H and O–H groups in total. The number of carbonyl (C=O) groups is 2. The molecule has 1 saturated heterocycles. The molecular formula is C25H28F6N4O6S. The highest BCUT2D eigenvalue weighted by molar-refractivity contribution is 7.91. The number of hydrogen-bond acceptors (Lipinski definition) is 7. The fourth-order valence-electron chi connectivity index (χ4n) is 4.43. The van der Waals surface area contributed by atoms with Crippen LogP contribution >= 0.6 is 0 Å². The number of sulfone groups is 1. The van der Waals surface area contributed by atoms with E-state index >= 15 is 0 Å². The number of benzene rings is 2. The molecule has 232 valence electrons. The Morgan fingerprint density at radius 3 is 2.40 bits per heavy atom. The van der Waals surface area contributed by atoms with Gasteiger partial charge >= 0.3 is 18.6 Å². The normalized spacial score (nSPS) is 16.5. The maximum atomic E-state index is 14.0. The average Bonchev–Trinajstić information content (AvgIpc) is 2.90. The number of hydrazine groups is 1. The minimum atomic E-state index is -5.09. The molecule has 0 aromatic heterocycles. The van der Waals surface area contributed by atoms with Crippen molar-refractivity contribution in [3.63, 3.8) is 0 Å². The van der Waals surface area contributed by atoms with Crippen molar-refractivity contribution in [3.8, 4) is 5.75 Å². The number of nitrogens with zero attached hydrogens (tertiary/aromatic N) is 2. The molecule has 3 rings (SSSR count). The van der Waals surface area contributed by atoms with E-state index in [1.54, 1.807) is 4.90 Å². The van der Waals surface area contributed by atoms with Gasteiger partial charge in [0.2, 0.25) is 0 Å². The number of anilines is 1. The quantitative estimate of drug-likeness (QED) is 0.269. The van der Waals surface area contributed by atoms with E-state index in [2.05, 4.69) is 10.2 Å². The van der Waals surface area contributed by atoms with E-state index in [9.17, 15) is 49.5 Å². The second kappa shape index (κ2) is 12.6. The van der Waals surface area contributed by atoms with E-state index in [0.717, 1.165) is 29.2 Å². The highest BCUT2D eigenvalue weighted by Gasteiger charge is 2.36. The van der Waals surface area contributed by atoms with Crippen LogP contribution < -0.4 is 15.6 Å². The van der Waals surface area contributed by atoms with E-state index in [4.69, 9.17) is 0 Å². The summed E-state index contributed by atoms with van der Waals surface area (Å²) in [6, 6.07) is 4.69. The second-order valence-corrected chi connectivity index (χ2v) is 11.7. The van der Waals surface area contributed by atoms with Gasteiger partial charge in [0.05, 0.1) is 21.9 Å². The molecule has 10 nitrogen and oxygen atoms in total. The zero-order valence-electron chi connectivity index (χ0n) is 22.3. The van der Waals surface area contributed by atoms with Gasteiger partial charge in [0.1, 0.15) is 5.75 Å². The summed E-state index contributed by atoms with van der Waals surface area (Å²) >= 11 is 0. The lowest BCUT2D eigenvalue weighted by Crippen LogP contribution is -2.47. The molecule has 0 saturated carbocycles. The maximum absolute atomic E-state index is 14.0. The monoisotopic (exact) mass is 626 g/mol. The molecule has 0 bridgehead atoms. The third-order valence-electron chi connectivity index (χ3n) is 6.61. The Kier molecular flexibility index (Phi) is 9.87. The molecule has 17 heteroatoms. The number of amides is 2. The third kappa shape index (κ3) is 8.40. The van der Waals surface area contributed by atoms with Crippen LogP contribution in [-0.2, 0) is 22.6 Å². The van der Waals surface area contributed by atoms with E-state index < -0.39 is 73.6 Å². The molecule has 2 amide bonds. The summed E-state index contributed by atoms with van der Waals surface area (Å²) in [4.78, 5) is 26.4. The standard InChI is InChI=1S/C25H28F6N4O6S/c1-3-42(39,40)21-9-8-18(41-25(29,30)31)12-20(21)32-33-22(36)15-6-7-16(19(11-15)24(26,27)28)13-35-10-4-5-17(14-35)34(2)23(37)38/h6-9,11-12,17,32H,3-5,10,13-14H2,1-2H3,(H,33,36)(H,37,38)/t17-/m0/s1. The number of hydrogen-bond donors (Lipinski definition) is 3. The van der Waals surface area contributed by atoms with Gasteiger partial charge in [0.25, 0.3) is 5.91 Å². The first-order chi connectivity index (χ1) is 19.4. The summed E-state index contributed by atoms with van der Waals surface area (Å²) in [5, 5.41) is 9.22. The van der Waals surface area contributed by atoms with Gasteiger partial charge in [-0.3, -0.25) is 20.5 Å². The van der Waals surface area contributed by atoms with Crippen LogP contribution in [0.5, 0.6) is 5.75 Å². The highest BCUT2D eigenvalue weighted by Crippen LogP contribution is 2.34. The molecule has 0 radical (unpaired) electrons. The van der Waals surface area contributed by atoms with E-state index in [0.29, 0.717) is 31.5 Å². The number of likely N-dealkylation sites (tertiary alicyclic amines) is 1. The molecule has 2 aromatic carbocycles. The van der Waals surface area contributed by atoms with Crippen molar-refractivity contribution in [2.75, 3.05) is 31.3 Å². The summed E-state index contributed by atoms with van der Waals surface area (Å²) in [5.41, 5.74) is 1.96. The summed E-state index contributed by atoms with van der Waals surface area (Å²) in [6.45, 7) is 1.77. The van der Waals surface area contributed by atoms with Gasteiger partial charge < -0.3 is 14.7 Å². The van der Waals surface area contributed by atoms with Gasteiger partial charge in [-0.05, 0) is 49.2 Å². The maximum Gasteiger partial charge on any atom is 0.573 e. The Morgan fingerprint density at radius 1 is 1.12 bits per heavy atom. The Balaban J connectivity index is 1.83. The number of rotatable bonds is 9. The minimum Gasteiger partial charge on any atom is -0.465 e. The fourth-order valence-corrected chi connectivity index (χ4v) is 5.47. The average molecular weight is 627 g/mol. The number of carboxylic acid groups (broad SMARTS) is 1. The van der Waals surface area contributed by atoms with Gasteiger partial charge in [0.15, 0.2) is 9.84 Å². The highest BCUT2D eigenvalue weighted by atomic mass is 32.2. The van der Waals surface area contributed by atoms with Crippen LogP contribution in [0.1, 0.15) is 41.3 Å². The molecule has 0 aliphatic carbocycles. The molecule has 0 unspecified atom stereocenters. The van der Waals surface area contributed by atoms with Crippen LogP contribution in [0.15, 0.2) is 41.3 Å². The summed E-state index contributed by atoms with van der Waals surface area (Å²) in [5.74, 6) is -2.36.